The van der Waals surface area contributed by atoms with Gasteiger partial charge in [-0.15, -0.1) is 0 Å². The second-order valence-corrected chi connectivity index (χ2v) is 7.94. The Hall–Kier alpha value is -3.53. The zero-order chi connectivity index (χ0) is 20.3. The van der Waals surface area contributed by atoms with E-state index in [1.807, 2.05) is 36.4 Å². The van der Waals surface area contributed by atoms with Crippen LogP contribution in [0.4, 0.5) is 4.79 Å². The Bertz CT molecular complexity index is 1110. The normalized spacial score (nSPS) is 15.7. The van der Waals surface area contributed by atoms with Crippen LogP contribution < -0.4 is 10.6 Å². The first-order chi connectivity index (χ1) is 14.8. The lowest BCUT2D eigenvalue weighted by molar-refractivity contribution is 0.233. The highest BCUT2D eigenvalue weighted by molar-refractivity contribution is 5.85. The summed E-state index contributed by atoms with van der Waals surface area (Å²) < 4.78 is 0. The predicted octanol–water partition coefficient (Wildman–Crippen LogP) is 5.11. The van der Waals surface area contributed by atoms with Crippen LogP contribution in [-0.2, 0) is 12.8 Å². The fourth-order valence-electron chi connectivity index (χ4n) is 4.51. The summed E-state index contributed by atoms with van der Waals surface area (Å²) in [6, 6.07) is 28.5. The largest absolute Gasteiger partial charge is 0.358 e. The van der Waals surface area contributed by atoms with E-state index in [9.17, 15) is 4.79 Å². The molecule has 2 amide bonds. The quantitative estimate of drug-likeness (QED) is 0.442. The molecule has 1 unspecified atom stereocenters. The number of hydrogen-bond donors (Lipinski definition) is 3. The van der Waals surface area contributed by atoms with Crippen molar-refractivity contribution >= 4 is 16.9 Å². The number of benzene rings is 3. The van der Waals surface area contributed by atoms with Crippen molar-refractivity contribution in [2.45, 2.75) is 31.3 Å². The molecule has 0 radical (unpaired) electrons. The van der Waals surface area contributed by atoms with E-state index in [1.54, 1.807) is 0 Å². The van der Waals surface area contributed by atoms with Crippen molar-refractivity contribution in [3.05, 3.63) is 107 Å². The lowest BCUT2D eigenvalue weighted by atomic mass is 9.92. The Balaban J connectivity index is 1.31. The minimum absolute atomic E-state index is 0.123. The summed E-state index contributed by atoms with van der Waals surface area (Å²) >= 11 is 0. The van der Waals surface area contributed by atoms with Gasteiger partial charge in [-0.05, 0) is 35.6 Å². The molecule has 4 nitrogen and oxygen atoms in total. The molecule has 30 heavy (non-hydrogen) atoms. The number of urea groups is 1. The van der Waals surface area contributed by atoms with Gasteiger partial charge in [0.05, 0.1) is 6.04 Å². The molecule has 5 rings (SSSR count). The third kappa shape index (κ3) is 3.69. The van der Waals surface area contributed by atoms with E-state index in [0.717, 1.165) is 30.4 Å². The minimum atomic E-state index is -0.181. The van der Waals surface area contributed by atoms with Crippen LogP contribution >= 0.6 is 0 Å². The van der Waals surface area contributed by atoms with Crippen molar-refractivity contribution in [3.8, 4) is 0 Å². The summed E-state index contributed by atoms with van der Waals surface area (Å²) in [7, 11) is 0. The van der Waals surface area contributed by atoms with Gasteiger partial charge in [0, 0.05) is 29.1 Å². The highest BCUT2D eigenvalue weighted by atomic mass is 16.2. The van der Waals surface area contributed by atoms with Crippen LogP contribution in [0, 0.1) is 0 Å². The predicted molar refractivity (Wildman–Crippen MR) is 121 cm³/mol. The number of H-pyrrole nitrogens is 1. The maximum absolute atomic E-state index is 12.9. The molecule has 1 aliphatic rings. The summed E-state index contributed by atoms with van der Waals surface area (Å²) in [6.07, 6.45) is 2.76. The molecule has 1 aromatic heterocycles. The van der Waals surface area contributed by atoms with Gasteiger partial charge in [0.15, 0.2) is 0 Å². The van der Waals surface area contributed by atoms with E-state index in [-0.39, 0.29) is 18.1 Å². The number of rotatable bonds is 4. The fourth-order valence-corrected chi connectivity index (χ4v) is 4.51. The Kier molecular flexibility index (Phi) is 4.98. The second-order valence-electron chi connectivity index (χ2n) is 7.94. The van der Waals surface area contributed by atoms with Gasteiger partial charge in [-0.1, -0.05) is 78.9 Å². The Morgan fingerprint density at radius 3 is 2.20 bits per heavy atom. The summed E-state index contributed by atoms with van der Waals surface area (Å²) in [5.41, 5.74) is 5.97. The lowest BCUT2D eigenvalue weighted by Crippen LogP contribution is -2.45. The second kappa shape index (κ2) is 8.07. The molecule has 4 aromatic rings. The topological polar surface area (TPSA) is 56.9 Å². The third-order valence-electron chi connectivity index (χ3n) is 5.97. The molecule has 1 aliphatic carbocycles. The van der Waals surface area contributed by atoms with Crippen molar-refractivity contribution in [2.24, 2.45) is 0 Å². The molecule has 0 aliphatic heterocycles. The van der Waals surface area contributed by atoms with Crippen LogP contribution in [-0.4, -0.2) is 17.1 Å². The molecular weight excluding hydrogens is 370 g/mol. The highest BCUT2D eigenvalue weighted by Gasteiger charge is 2.24. The van der Waals surface area contributed by atoms with Gasteiger partial charge < -0.3 is 15.6 Å². The number of hydrogen-bond acceptors (Lipinski definition) is 1. The molecule has 3 aromatic carbocycles. The standard InChI is InChI=1S/C26H25N3O/c30-26(29-25(18-9-3-1-4-10-18)19-11-5-2-6-12-19)27-20-15-16-22-21-13-7-8-14-23(21)28-24(22)17-20/h1-14,20,25,28H,15-17H2,(H2,27,29,30). The SMILES string of the molecule is O=C(NC1CCc2c([nH]c3ccccc23)C1)NC(c1ccccc1)c1ccccc1. The number of aromatic nitrogens is 1. The summed E-state index contributed by atoms with van der Waals surface area (Å²) in [6.45, 7) is 0. The molecule has 0 fully saturated rings. The maximum atomic E-state index is 12.9. The van der Waals surface area contributed by atoms with Gasteiger partial charge in [0.2, 0.25) is 0 Å². The average molecular weight is 396 g/mol. The van der Waals surface area contributed by atoms with E-state index >= 15 is 0 Å². The van der Waals surface area contributed by atoms with Crippen LogP contribution in [0.2, 0.25) is 0 Å². The van der Waals surface area contributed by atoms with Gasteiger partial charge in [-0.2, -0.15) is 0 Å². The van der Waals surface area contributed by atoms with E-state index in [1.165, 1.54) is 22.2 Å². The summed E-state index contributed by atoms with van der Waals surface area (Å²) in [5.74, 6) is 0. The molecule has 1 atom stereocenters. The number of fused-ring (bicyclic) bond motifs is 3. The number of carbonyl (C=O) groups is 1. The maximum Gasteiger partial charge on any atom is 0.315 e. The number of aryl methyl sites for hydroxylation is 1. The molecule has 150 valence electrons. The van der Waals surface area contributed by atoms with Crippen molar-refractivity contribution in [2.75, 3.05) is 0 Å². The van der Waals surface area contributed by atoms with Gasteiger partial charge in [-0.3, -0.25) is 0 Å². The highest BCUT2D eigenvalue weighted by Crippen LogP contribution is 2.29. The Labute approximate surface area is 176 Å². The number of amides is 2. The first kappa shape index (κ1) is 18.5. The monoisotopic (exact) mass is 395 g/mol. The van der Waals surface area contributed by atoms with Crippen molar-refractivity contribution in [1.82, 2.24) is 15.6 Å². The van der Waals surface area contributed by atoms with Gasteiger partial charge in [-0.25, -0.2) is 4.79 Å². The van der Waals surface area contributed by atoms with Crippen LogP contribution in [0.15, 0.2) is 84.9 Å². The molecule has 1 heterocycles. The van der Waals surface area contributed by atoms with Crippen molar-refractivity contribution in [3.63, 3.8) is 0 Å². The molecule has 0 bridgehead atoms. The molecule has 0 saturated heterocycles. The van der Waals surface area contributed by atoms with Crippen LogP contribution in [0.25, 0.3) is 10.9 Å². The van der Waals surface area contributed by atoms with Gasteiger partial charge in [0.25, 0.3) is 0 Å². The minimum Gasteiger partial charge on any atom is -0.358 e. The van der Waals surface area contributed by atoms with E-state index in [0.29, 0.717) is 0 Å². The molecule has 0 saturated carbocycles. The van der Waals surface area contributed by atoms with Crippen LogP contribution in [0.1, 0.15) is 34.8 Å². The first-order valence-corrected chi connectivity index (χ1v) is 10.5. The Morgan fingerprint density at radius 1 is 0.867 bits per heavy atom. The molecular formula is C26H25N3O. The average Bonchev–Trinajstić information content (AvgIpc) is 3.16. The van der Waals surface area contributed by atoms with Crippen LogP contribution in [0.3, 0.4) is 0 Å². The lowest BCUT2D eigenvalue weighted by Gasteiger charge is -2.26. The summed E-state index contributed by atoms with van der Waals surface area (Å²) in [4.78, 5) is 16.5. The summed E-state index contributed by atoms with van der Waals surface area (Å²) in [5, 5.41) is 7.70. The first-order valence-electron chi connectivity index (χ1n) is 10.5. The van der Waals surface area contributed by atoms with Crippen molar-refractivity contribution in [1.29, 1.82) is 0 Å². The van der Waals surface area contributed by atoms with Gasteiger partial charge in [0.1, 0.15) is 0 Å². The smallest absolute Gasteiger partial charge is 0.315 e. The molecule has 0 spiro atoms. The molecule has 3 N–H and O–H groups in total. The number of para-hydroxylation sites is 1. The van der Waals surface area contributed by atoms with Crippen LogP contribution in [0.5, 0.6) is 0 Å². The number of nitrogens with one attached hydrogen (secondary N) is 3. The van der Waals surface area contributed by atoms with E-state index in [4.69, 9.17) is 0 Å². The number of aromatic amines is 1. The number of carbonyl (C=O) groups excluding carboxylic acids is 1. The van der Waals surface area contributed by atoms with E-state index < -0.39 is 0 Å². The fraction of sp³-hybridized carbons (Fsp3) is 0.192. The van der Waals surface area contributed by atoms with Crippen molar-refractivity contribution < 1.29 is 4.79 Å². The third-order valence-corrected chi connectivity index (χ3v) is 5.97. The molecule has 4 heteroatoms. The zero-order valence-electron chi connectivity index (χ0n) is 16.8. The van der Waals surface area contributed by atoms with Gasteiger partial charge >= 0.3 is 6.03 Å². The van der Waals surface area contributed by atoms with E-state index in [2.05, 4.69) is 64.1 Å². The Morgan fingerprint density at radius 2 is 1.50 bits per heavy atom. The zero-order valence-corrected chi connectivity index (χ0v) is 16.8.